The largest absolute Gasteiger partial charge is 0.497 e. The van der Waals surface area contributed by atoms with Gasteiger partial charge in [-0.1, -0.05) is 42.5 Å². The summed E-state index contributed by atoms with van der Waals surface area (Å²) in [6.07, 6.45) is 1.99. The molecule has 2 aromatic rings. The normalized spacial score (nSPS) is 12.6. The average Bonchev–Trinajstić information content (AvgIpc) is 2.77. The number of likely N-dealkylation sites (N-methyl/N-ethyl adjacent to an activating group) is 1. The minimum atomic E-state index is -0.963. The van der Waals surface area contributed by atoms with Crippen LogP contribution in [0.3, 0.4) is 0 Å². The molecule has 0 fully saturated rings. The first-order valence-corrected chi connectivity index (χ1v) is 9.92. The molecule has 1 N–H and O–H groups in total. The number of benzene rings is 2. The van der Waals surface area contributed by atoms with E-state index >= 15 is 0 Å². The Morgan fingerprint density at radius 3 is 2.29 bits per heavy atom. The monoisotopic (exact) mass is 424 g/mol. The number of nitrogens with one attached hydrogen (secondary N) is 1. The lowest BCUT2D eigenvalue weighted by atomic mass is 10.2. The van der Waals surface area contributed by atoms with Crippen LogP contribution in [0.5, 0.6) is 5.75 Å². The standard InChI is InChI=1S/C24H28N2O5/c1-17(25-22(27)15-12-19-10-13-21(30-4)14-11-19)24(29)31-18(2)23(28)26(3)16-20-8-6-5-7-9-20/h5-15,17-18H,16H2,1-4H3,(H,25,27)/b15-12+/t17-,18?/m0/s1. The highest BCUT2D eigenvalue weighted by atomic mass is 16.5. The molecule has 7 nitrogen and oxygen atoms in total. The Morgan fingerprint density at radius 1 is 1.03 bits per heavy atom. The molecule has 2 aromatic carbocycles. The lowest BCUT2D eigenvalue weighted by Gasteiger charge is -2.22. The molecule has 0 aliphatic carbocycles. The molecule has 2 rings (SSSR count). The number of rotatable bonds is 9. The number of amides is 2. The zero-order chi connectivity index (χ0) is 22.8. The zero-order valence-electron chi connectivity index (χ0n) is 18.2. The maximum absolute atomic E-state index is 12.5. The van der Waals surface area contributed by atoms with E-state index in [9.17, 15) is 14.4 Å². The Labute approximate surface area is 182 Å². The van der Waals surface area contributed by atoms with Gasteiger partial charge in [0.05, 0.1) is 7.11 Å². The third kappa shape index (κ3) is 7.62. The zero-order valence-corrected chi connectivity index (χ0v) is 18.2. The molecule has 0 aliphatic heterocycles. The third-order valence-corrected chi connectivity index (χ3v) is 4.53. The smallest absolute Gasteiger partial charge is 0.329 e. The topological polar surface area (TPSA) is 84.9 Å². The fourth-order valence-corrected chi connectivity index (χ4v) is 2.78. The number of ether oxygens (including phenoxy) is 2. The molecule has 0 radical (unpaired) electrons. The van der Waals surface area contributed by atoms with Crippen molar-refractivity contribution in [1.82, 2.24) is 10.2 Å². The van der Waals surface area contributed by atoms with Gasteiger partial charge in [0.2, 0.25) is 5.91 Å². The van der Waals surface area contributed by atoms with E-state index in [-0.39, 0.29) is 5.91 Å². The number of hydrogen-bond acceptors (Lipinski definition) is 5. The Balaban J connectivity index is 1.82. The highest BCUT2D eigenvalue weighted by Crippen LogP contribution is 2.12. The van der Waals surface area contributed by atoms with Crippen molar-refractivity contribution < 1.29 is 23.9 Å². The highest BCUT2D eigenvalue weighted by molar-refractivity contribution is 5.95. The minimum Gasteiger partial charge on any atom is -0.497 e. The number of carbonyl (C=O) groups is 3. The van der Waals surface area contributed by atoms with Crippen LogP contribution in [0.15, 0.2) is 60.7 Å². The lowest BCUT2D eigenvalue weighted by Crippen LogP contribution is -2.43. The van der Waals surface area contributed by atoms with Crippen LogP contribution in [0.1, 0.15) is 25.0 Å². The first-order valence-electron chi connectivity index (χ1n) is 9.92. The SMILES string of the molecule is COc1ccc(/C=C/C(=O)N[C@@H](C)C(=O)OC(C)C(=O)N(C)Cc2ccccc2)cc1. The predicted molar refractivity (Wildman–Crippen MR) is 118 cm³/mol. The minimum absolute atomic E-state index is 0.324. The van der Waals surface area contributed by atoms with Gasteiger partial charge < -0.3 is 19.7 Å². The number of hydrogen-bond donors (Lipinski definition) is 1. The number of esters is 1. The van der Waals surface area contributed by atoms with Crippen molar-refractivity contribution in [2.75, 3.05) is 14.2 Å². The van der Waals surface area contributed by atoms with E-state index in [1.807, 2.05) is 30.3 Å². The predicted octanol–water partition coefficient (Wildman–Crippen LogP) is 2.80. The van der Waals surface area contributed by atoms with E-state index in [4.69, 9.17) is 9.47 Å². The van der Waals surface area contributed by atoms with E-state index in [0.29, 0.717) is 6.54 Å². The van der Waals surface area contributed by atoms with Gasteiger partial charge in [-0.25, -0.2) is 4.79 Å². The van der Waals surface area contributed by atoms with Crippen LogP contribution in [-0.4, -0.2) is 49.0 Å². The third-order valence-electron chi connectivity index (χ3n) is 4.53. The quantitative estimate of drug-likeness (QED) is 0.494. The molecule has 0 saturated carbocycles. The van der Waals surface area contributed by atoms with Crippen LogP contribution in [0.2, 0.25) is 0 Å². The second-order valence-corrected chi connectivity index (χ2v) is 7.10. The summed E-state index contributed by atoms with van der Waals surface area (Å²) in [4.78, 5) is 38.3. The van der Waals surface area contributed by atoms with Gasteiger partial charge in [0, 0.05) is 19.7 Å². The molecule has 7 heteroatoms. The van der Waals surface area contributed by atoms with Crippen molar-refractivity contribution in [1.29, 1.82) is 0 Å². The van der Waals surface area contributed by atoms with Crippen LogP contribution in [0, 0.1) is 0 Å². The molecule has 0 spiro atoms. The van der Waals surface area contributed by atoms with Crippen molar-refractivity contribution in [3.63, 3.8) is 0 Å². The number of methoxy groups -OCH3 is 1. The molecular weight excluding hydrogens is 396 g/mol. The number of nitrogens with zero attached hydrogens (tertiary/aromatic N) is 1. The van der Waals surface area contributed by atoms with E-state index < -0.39 is 24.0 Å². The van der Waals surface area contributed by atoms with Gasteiger partial charge in [0.25, 0.3) is 5.91 Å². The van der Waals surface area contributed by atoms with E-state index in [1.54, 1.807) is 44.5 Å². The molecule has 164 valence electrons. The summed E-state index contributed by atoms with van der Waals surface area (Å²) in [6, 6.07) is 15.8. The molecule has 1 unspecified atom stereocenters. The summed E-state index contributed by atoms with van der Waals surface area (Å²) >= 11 is 0. The van der Waals surface area contributed by atoms with Crippen LogP contribution in [-0.2, 0) is 25.7 Å². The fourth-order valence-electron chi connectivity index (χ4n) is 2.78. The van der Waals surface area contributed by atoms with Crippen molar-refractivity contribution in [2.45, 2.75) is 32.5 Å². The molecule has 31 heavy (non-hydrogen) atoms. The molecule has 0 heterocycles. The van der Waals surface area contributed by atoms with E-state index in [0.717, 1.165) is 16.9 Å². The van der Waals surface area contributed by atoms with Gasteiger partial charge in [-0.05, 0) is 43.2 Å². The second kappa shape index (κ2) is 11.5. The van der Waals surface area contributed by atoms with Gasteiger partial charge in [-0.3, -0.25) is 9.59 Å². The summed E-state index contributed by atoms with van der Waals surface area (Å²) in [6.45, 7) is 3.43. The van der Waals surface area contributed by atoms with Crippen LogP contribution >= 0.6 is 0 Å². The highest BCUT2D eigenvalue weighted by Gasteiger charge is 2.25. The Kier molecular flexibility index (Phi) is 8.81. The van der Waals surface area contributed by atoms with Gasteiger partial charge in [0.1, 0.15) is 11.8 Å². The van der Waals surface area contributed by atoms with Crippen LogP contribution in [0.25, 0.3) is 6.08 Å². The average molecular weight is 424 g/mol. The van der Waals surface area contributed by atoms with Crippen LogP contribution < -0.4 is 10.1 Å². The van der Waals surface area contributed by atoms with E-state index in [1.165, 1.54) is 24.8 Å². The van der Waals surface area contributed by atoms with Gasteiger partial charge in [-0.15, -0.1) is 0 Å². The molecule has 0 aromatic heterocycles. The van der Waals surface area contributed by atoms with Crippen molar-refractivity contribution in [3.8, 4) is 5.75 Å². The molecule has 2 atom stereocenters. The first kappa shape index (κ1) is 23.7. The molecule has 2 amide bonds. The Hall–Kier alpha value is -3.61. The maximum atomic E-state index is 12.5. The van der Waals surface area contributed by atoms with Gasteiger partial charge >= 0.3 is 5.97 Å². The molecular formula is C24H28N2O5. The maximum Gasteiger partial charge on any atom is 0.329 e. The lowest BCUT2D eigenvalue weighted by molar-refractivity contribution is -0.160. The summed E-state index contributed by atoms with van der Waals surface area (Å²) in [5.41, 5.74) is 1.79. The number of carbonyl (C=O) groups excluding carboxylic acids is 3. The molecule has 0 aliphatic rings. The summed E-state index contributed by atoms with van der Waals surface area (Å²) < 4.78 is 10.3. The van der Waals surface area contributed by atoms with Crippen LogP contribution in [0.4, 0.5) is 0 Å². The Morgan fingerprint density at radius 2 is 1.68 bits per heavy atom. The van der Waals surface area contributed by atoms with Gasteiger partial charge in [0.15, 0.2) is 6.10 Å². The second-order valence-electron chi connectivity index (χ2n) is 7.10. The summed E-state index contributed by atoms with van der Waals surface area (Å²) in [7, 11) is 3.23. The molecule has 0 bridgehead atoms. The van der Waals surface area contributed by atoms with Gasteiger partial charge in [-0.2, -0.15) is 0 Å². The van der Waals surface area contributed by atoms with Crippen molar-refractivity contribution >= 4 is 23.9 Å². The summed E-state index contributed by atoms with van der Waals surface area (Å²) in [5, 5.41) is 2.54. The molecule has 0 saturated heterocycles. The van der Waals surface area contributed by atoms with E-state index in [2.05, 4.69) is 5.32 Å². The fraction of sp³-hybridized carbons (Fsp3) is 0.292. The first-order chi connectivity index (χ1) is 14.8. The van der Waals surface area contributed by atoms with Crippen molar-refractivity contribution in [2.24, 2.45) is 0 Å². The van der Waals surface area contributed by atoms with Crippen molar-refractivity contribution in [3.05, 3.63) is 71.8 Å². The Bertz CT molecular complexity index is 909. The summed E-state index contributed by atoms with van der Waals surface area (Å²) in [5.74, 6) is -0.730.